The molecule has 2 amide bonds. The minimum absolute atomic E-state index is 0.235. The lowest BCUT2D eigenvalue weighted by atomic mass is 9.97. The zero-order valence-electron chi connectivity index (χ0n) is 14.7. The normalized spacial score (nSPS) is 13.8. The molecule has 0 aromatic carbocycles. The van der Waals surface area contributed by atoms with E-state index in [1.165, 1.54) is 36.9 Å². The second-order valence-corrected chi connectivity index (χ2v) is 6.35. The Morgan fingerprint density at radius 1 is 1.15 bits per heavy atom. The Labute approximate surface area is 151 Å². The van der Waals surface area contributed by atoms with Gasteiger partial charge in [-0.05, 0) is 45.1 Å². The third-order valence-electron chi connectivity index (χ3n) is 4.25. The van der Waals surface area contributed by atoms with Crippen molar-refractivity contribution in [2.24, 2.45) is 0 Å². The summed E-state index contributed by atoms with van der Waals surface area (Å²) in [5.74, 6) is 0.288. The Kier molecular flexibility index (Phi) is 5.78. The summed E-state index contributed by atoms with van der Waals surface area (Å²) in [6.45, 7) is 2.32. The number of aromatic nitrogens is 2. The summed E-state index contributed by atoms with van der Waals surface area (Å²) in [4.78, 5) is 28.5. The van der Waals surface area contributed by atoms with Gasteiger partial charge in [0.25, 0.3) is 11.8 Å². The van der Waals surface area contributed by atoms with Crippen molar-refractivity contribution in [3.63, 3.8) is 0 Å². The molecule has 2 aromatic heterocycles. The predicted molar refractivity (Wildman–Crippen MR) is 96.9 cm³/mol. The smallest absolute Gasteiger partial charge is 0.258 e. The quantitative estimate of drug-likeness (QED) is 0.776. The van der Waals surface area contributed by atoms with Gasteiger partial charge in [0.2, 0.25) is 0 Å². The van der Waals surface area contributed by atoms with E-state index in [2.05, 4.69) is 26.9 Å². The highest BCUT2D eigenvalue weighted by molar-refractivity contribution is 6.05. The van der Waals surface area contributed by atoms with E-state index in [0.717, 1.165) is 19.3 Å². The highest BCUT2D eigenvalue weighted by Crippen LogP contribution is 2.19. The molecule has 0 saturated heterocycles. The molecule has 2 N–H and O–H groups in total. The molecule has 0 aliphatic heterocycles. The topological polar surface area (TPSA) is 97.1 Å². The molecule has 136 valence electrons. The second-order valence-electron chi connectivity index (χ2n) is 6.35. The van der Waals surface area contributed by atoms with Crippen LogP contribution in [-0.2, 0) is 0 Å². The van der Waals surface area contributed by atoms with Crippen LogP contribution in [0.25, 0.3) is 0 Å². The lowest BCUT2D eigenvalue weighted by Crippen LogP contribution is -2.25. The van der Waals surface area contributed by atoms with E-state index in [9.17, 15) is 9.59 Å². The van der Waals surface area contributed by atoms with Crippen molar-refractivity contribution in [3.05, 3.63) is 53.1 Å². The van der Waals surface area contributed by atoms with Gasteiger partial charge in [0.15, 0.2) is 5.82 Å². The monoisotopic (exact) mass is 354 g/mol. The van der Waals surface area contributed by atoms with Crippen LogP contribution >= 0.6 is 0 Å². The molecule has 0 fully saturated rings. The van der Waals surface area contributed by atoms with Crippen LogP contribution in [0.15, 0.2) is 40.7 Å². The Morgan fingerprint density at radius 3 is 2.65 bits per heavy atom. The minimum atomic E-state index is -0.396. The van der Waals surface area contributed by atoms with Crippen molar-refractivity contribution >= 4 is 17.6 Å². The highest BCUT2D eigenvalue weighted by Gasteiger charge is 2.13. The molecule has 2 aromatic rings. The number of anilines is 1. The van der Waals surface area contributed by atoms with Crippen molar-refractivity contribution in [3.8, 4) is 0 Å². The molecule has 1 aliphatic rings. The van der Waals surface area contributed by atoms with Gasteiger partial charge in [-0.3, -0.25) is 14.6 Å². The summed E-state index contributed by atoms with van der Waals surface area (Å²) in [5, 5.41) is 9.21. The molecule has 3 rings (SSSR count). The first-order valence-corrected chi connectivity index (χ1v) is 8.77. The summed E-state index contributed by atoms with van der Waals surface area (Å²) in [6.07, 6.45) is 10.7. The lowest BCUT2D eigenvalue weighted by Gasteiger charge is -2.13. The number of carbonyl (C=O) groups excluding carboxylic acids is 2. The van der Waals surface area contributed by atoms with Crippen LogP contribution in [0.1, 0.15) is 58.6 Å². The largest absolute Gasteiger partial charge is 0.360 e. The zero-order chi connectivity index (χ0) is 18.4. The number of allylic oxidation sites excluding steroid dienone is 1. The Morgan fingerprint density at radius 2 is 1.96 bits per heavy atom. The summed E-state index contributed by atoms with van der Waals surface area (Å²) in [7, 11) is 0. The molecule has 0 spiro atoms. The number of amides is 2. The second kappa shape index (κ2) is 8.42. The zero-order valence-corrected chi connectivity index (χ0v) is 14.7. The Balaban J connectivity index is 1.56. The first-order chi connectivity index (χ1) is 12.6. The van der Waals surface area contributed by atoms with Crippen molar-refractivity contribution in [1.82, 2.24) is 15.5 Å². The van der Waals surface area contributed by atoms with E-state index in [4.69, 9.17) is 4.52 Å². The van der Waals surface area contributed by atoms with Crippen LogP contribution in [0.3, 0.4) is 0 Å². The molecular formula is C19H22N4O3. The fourth-order valence-corrected chi connectivity index (χ4v) is 2.87. The van der Waals surface area contributed by atoms with E-state index in [1.807, 2.05) is 0 Å². The molecule has 0 atom stereocenters. The summed E-state index contributed by atoms with van der Waals surface area (Å²) in [5.41, 5.74) is 2.05. The van der Waals surface area contributed by atoms with Gasteiger partial charge in [-0.25, -0.2) is 0 Å². The maximum absolute atomic E-state index is 12.3. The molecule has 0 unspecified atom stereocenters. The number of pyridine rings is 1. The molecule has 2 heterocycles. The number of carbonyl (C=O) groups is 2. The average molecular weight is 354 g/mol. The van der Waals surface area contributed by atoms with Gasteiger partial charge >= 0.3 is 0 Å². The van der Waals surface area contributed by atoms with Crippen LogP contribution in [0, 0.1) is 6.92 Å². The van der Waals surface area contributed by atoms with Crippen molar-refractivity contribution in [2.75, 3.05) is 11.9 Å². The highest BCUT2D eigenvalue weighted by atomic mass is 16.5. The van der Waals surface area contributed by atoms with Gasteiger partial charge in [0.1, 0.15) is 5.76 Å². The van der Waals surface area contributed by atoms with Gasteiger partial charge in [-0.15, -0.1) is 0 Å². The van der Waals surface area contributed by atoms with Crippen LogP contribution in [0.2, 0.25) is 0 Å². The van der Waals surface area contributed by atoms with Gasteiger partial charge in [-0.1, -0.05) is 16.8 Å². The number of hydrogen-bond donors (Lipinski definition) is 2. The van der Waals surface area contributed by atoms with Crippen molar-refractivity contribution in [1.29, 1.82) is 0 Å². The van der Waals surface area contributed by atoms with E-state index >= 15 is 0 Å². The maximum Gasteiger partial charge on any atom is 0.258 e. The Bertz CT molecular complexity index is 826. The predicted octanol–water partition coefficient (Wildman–Crippen LogP) is 3.25. The molecular weight excluding hydrogens is 332 g/mol. The standard InChI is InChI=1S/C19H22N4O3/c1-13-9-17(23-26-13)22-19(25)16-10-15(11-20-12-16)18(24)21-8-7-14-5-3-2-4-6-14/h5,9-12H,2-4,6-8H2,1H3,(H,21,24)(H,22,23,25). The molecule has 26 heavy (non-hydrogen) atoms. The number of rotatable bonds is 6. The lowest BCUT2D eigenvalue weighted by molar-refractivity contribution is 0.0953. The van der Waals surface area contributed by atoms with Gasteiger partial charge in [0.05, 0.1) is 11.1 Å². The van der Waals surface area contributed by atoms with Crippen LogP contribution in [-0.4, -0.2) is 28.5 Å². The molecule has 0 saturated carbocycles. The molecule has 7 heteroatoms. The van der Waals surface area contributed by atoms with E-state index in [0.29, 0.717) is 23.7 Å². The first kappa shape index (κ1) is 17.8. The fraction of sp³-hybridized carbons (Fsp3) is 0.368. The molecule has 7 nitrogen and oxygen atoms in total. The van der Waals surface area contributed by atoms with E-state index < -0.39 is 5.91 Å². The third-order valence-corrected chi connectivity index (χ3v) is 4.25. The summed E-state index contributed by atoms with van der Waals surface area (Å²) < 4.78 is 4.91. The molecule has 0 radical (unpaired) electrons. The average Bonchev–Trinajstić information content (AvgIpc) is 3.07. The molecule has 1 aliphatic carbocycles. The van der Waals surface area contributed by atoms with Gasteiger partial charge in [-0.2, -0.15) is 0 Å². The van der Waals surface area contributed by atoms with E-state index in [-0.39, 0.29) is 11.5 Å². The number of nitrogens with one attached hydrogen (secondary N) is 2. The third kappa shape index (κ3) is 4.78. The van der Waals surface area contributed by atoms with Gasteiger partial charge in [0, 0.05) is 25.0 Å². The summed E-state index contributed by atoms with van der Waals surface area (Å²) >= 11 is 0. The van der Waals surface area contributed by atoms with Crippen LogP contribution < -0.4 is 10.6 Å². The maximum atomic E-state index is 12.3. The SMILES string of the molecule is Cc1cc(NC(=O)c2cncc(C(=O)NCCC3=CCCCC3)c2)no1. The van der Waals surface area contributed by atoms with Crippen molar-refractivity contribution in [2.45, 2.75) is 39.0 Å². The van der Waals surface area contributed by atoms with Crippen LogP contribution in [0.4, 0.5) is 5.82 Å². The van der Waals surface area contributed by atoms with E-state index in [1.54, 1.807) is 13.0 Å². The first-order valence-electron chi connectivity index (χ1n) is 8.77. The summed E-state index contributed by atoms with van der Waals surface area (Å²) in [6, 6.07) is 3.13. The molecule has 0 bridgehead atoms. The Hall–Kier alpha value is -2.96. The number of aryl methyl sites for hydroxylation is 1. The van der Waals surface area contributed by atoms with Crippen LogP contribution in [0.5, 0.6) is 0 Å². The van der Waals surface area contributed by atoms with Crippen molar-refractivity contribution < 1.29 is 14.1 Å². The number of nitrogens with zero attached hydrogens (tertiary/aromatic N) is 2. The van der Waals surface area contributed by atoms with Gasteiger partial charge < -0.3 is 15.2 Å². The number of hydrogen-bond acceptors (Lipinski definition) is 5. The minimum Gasteiger partial charge on any atom is -0.360 e. The fourth-order valence-electron chi connectivity index (χ4n) is 2.87.